The highest BCUT2D eigenvalue weighted by Crippen LogP contribution is 2.14. The smallest absolute Gasteiger partial charge is 0.254 e. The van der Waals surface area contributed by atoms with Crippen LogP contribution in [0.15, 0.2) is 18.3 Å². The van der Waals surface area contributed by atoms with Gasteiger partial charge in [-0.15, -0.1) is 22.6 Å². The maximum atomic E-state index is 12.4. The zero-order valence-electron chi connectivity index (χ0n) is 14.7. The monoisotopic (exact) mass is 382 g/mol. The number of hydrogen-bond acceptors (Lipinski definition) is 7. The fourth-order valence-electron chi connectivity index (χ4n) is 2.76. The number of β-amino-alcohol motifs (C(OH)–C–C–N with tert-alkyl or cyclic N) is 1. The molecule has 26 heavy (non-hydrogen) atoms. The van der Waals surface area contributed by atoms with Crippen molar-refractivity contribution in [1.82, 2.24) is 30.6 Å². The quantitative estimate of drug-likeness (QED) is 0.649. The summed E-state index contributed by atoms with van der Waals surface area (Å²) in [6.45, 7) is 5.87. The molecule has 2 unspecified atom stereocenters. The fraction of sp³-hybridized carbons (Fsp3) is 0.500. The summed E-state index contributed by atoms with van der Waals surface area (Å²) >= 11 is 0. The number of hydrogen-bond donors (Lipinski definition) is 3. The highest BCUT2D eigenvalue weighted by Gasteiger charge is 2.25. The maximum absolute atomic E-state index is 12.4. The lowest BCUT2D eigenvalue weighted by Crippen LogP contribution is -2.34. The molecule has 1 aliphatic heterocycles. The zero-order chi connectivity index (χ0) is 17.8. The molecular formula is C16H23ClN6O3. The second kappa shape index (κ2) is 8.93. The summed E-state index contributed by atoms with van der Waals surface area (Å²) < 4.78 is 6.83. The van der Waals surface area contributed by atoms with Crippen molar-refractivity contribution in [2.45, 2.75) is 20.0 Å². The van der Waals surface area contributed by atoms with Crippen LogP contribution in [0.4, 0.5) is 0 Å². The third-order valence-electron chi connectivity index (χ3n) is 4.22. The number of nitrogens with one attached hydrogen (secondary N) is 2. The summed E-state index contributed by atoms with van der Waals surface area (Å²) in [7, 11) is 0. The van der Waals surface area contributed by atoms with Crippen LogP contribution in [0.2, 0.25) is 0 Å². The minimum Gasteiger partial charge on any atom is -0.477 e. The number of halogens is 1. The first-order valence-electron chi connectivity index (χ1n) is 8.28. The van der Waals surface area contributed by atoms with Crippen molar-refractivity contribution in [3.63, 3.8) is 0 Å². The number of ether oxygens (including phenoxy) is 1. The van der Waals surface area contributed by atoms with Crippen LogP contribution >= 0.6 is 12.4 Å². The van der Waals surface area contributed by atoms with E-state index in [4.69, 9.17) is 4.74 Å². The first kappa shape index (κ1) is 20.1. The van der Waals surface area contributed by atoms with Crippen molar-refractivity contribution in [2.24, 2.45) is 5.92 Å². The van der Waals surface area contributed by atoms with Gasteiger partial charge in [0, 0.05) is 31.6 Å². The Bertz CT molecular complexity index is 736. The van der Waals surface area contributed by atoms with Gasteiger partial charge in [-0.1, -0.05) is 0 Å². The molecule has 3 N–H and O–H groups in total. The molecule has 3 heterocycles. The SMILES string of the molecule is CCOc1ccc(-n2ncc(C(=O)NCC3CNCC3O)c2C)nn1.Cl. The minimum absolute atomic E-state index is 0. The van der Waals surface area contributed by atoms with Gasteiger partial charge in [0.05, 0.1) is 30.2 Å². The Morgan fingerprint density at radius 2 is 2.23 bits per heavy atom. The average Bonchev–Trinajstić information content (AvgIpc) is 3.19. The lowest BCUT2D eigenvalue weighted by atomic mass is 10.1. The molecule has 142 valence electrons. The number of aliphatic hydroxyl groups excluding tert-OH is 1. The molecule has 0 bridgehead atoms. The molecule has 2 atom stereocenters. The summed E-state index contributed by atoms with van der Waals surface area (Å²) in [5.41, 5.74) is 1.14. The first-order chi connectivity index (χ1) is 12.1. The molecule has 0 aromatic carbocycles. The Hall–Kier alpha value is -2.23. The molecule has 2 aromatic heterocycles. The number of aromatic nitrogens is 4. The predicted octanol–water partition coefficient (Wildman–Crippen LogP) is 0.101. The van der Waals surface area contributed by atoms with Crippen molar-refractivity contribution in [3.8, 4) is 11.7 Å². The zero-order valence-corrected chi connectivity index (χ0v) is 15.5. The predicted molar refractivity (Wildman–Crippen MR) is 97.0 cm³/mol. The molecule has 1 aliphatic rings. The third-order valence-corrected chi connectivity index (χ3v) is 4.22. The van der Waals surface area contributed by atoms with E-state index in [2.05, 4.69) is 25.9 Å². The summed E-state index contributed by atoms with van der Waals surface area (Å²) in [4.78, 5) is 12.4. The van der Waals surface area contributed by atoms with Gasteiger partial charge in [-0.05, 0) is 19.9 Å². The van der Waals surface area contributed by atoms with Gasteiger partial charge in [-0.3, -0.25) is 4.79 Å². The van der Waals surface area contributed by atoms with E-state index in [1.807, 2.05) is 6.92 Å². The maximum Gasteiger partial charge on any atom is 0.254 e. The van der Waals surface area contributed by atoms with Crippen molar-refractivity contribution in [2.75, 3.05) is 26.2 Å². The normalized spacial score (nSPS) is 19.0. The molecule has 0 saturated carbocycles. The van der Waals surface area contributed by atoms with Gasteiger partial charge in [-0.2, -0.15) is 5.10 Å². The fourth-order valence-corrected chi connectivity index (χ4v) is 2.76. The molecule has 0 radical (unpaired) electrons. The lowest BCUT2D eigenvalue weighted by molar-refractivity contribution is 0.0926. The number of aliphatic hydroxyl groups is 1. The van der Waals surface area contributed by atoms with E-state index in [9.17, 15) is 9.90 Å². The van der Waals surface area contributed by atoms with E-state index < -0.39 is 6.10 Å². The van der Waals surface area contributed by atoms with Crippen molar-refractivity contribution in [1.29, 1.82) is 0 Å². The van der Waals surface area contributed by atoms with Crippen molar-refractivity contribution >= 4 is 18.3 Å². The number of carbonyl (C=O) groups excluding carboxylic acids is 1. The Labute approximate surface area is 157 Å². The highest BCUT2D eigenvalue weighted by molar-refractivity contribution is 5.95. The van der Waals surface area contributed by atoms with Gasteiger partial charge in [-0.25, -0.2) is 4.68 Å². The van der Waals surface area contributed by atoms with Gasteiger partial charge in [0.25, 0.3) is 5.91 Å². The van der Waals surface area contributed by atoms with Crippen LogP contribution < -0.4 is 15.4 Å². The summed E-state index contributed by atoms with van der Waals surface area (Å²) in [6, 6.07) is 3.45. The van der Waals surface area contributed by atoms with Crippen LogP contribution in [-0.4, -0.2) is 63.3 Å². The van der Waals surface area contributed by atoms with Crippen LogP contribution in [0.25, 0.3) is 5.82 Å². The van der Waals surface area contributed by atoms with Crippen molar-refractivity contribution in [3.05, 3.63) is 29.6 Å². The standard InChI is InChI=1S/C16H22N6O3.ClH/c1-3-25-15-5-4-14(20-21-15)22-10(2)12(8-19-22)16(24)18-7-11-6-17-9-13(11)23;/h4-5,8,11,13,17,23H,3,6-7,9H2,1-2H3,(H,18,24);1H. The molecule has 1 fully saturated rings. The second-order valence-electron chi connectivity index (χ2n) is 5.91. The summed E-state index contributed by atoms with van der Waals surface area (Å²) in [5.74, 6) is 0.756. The van der Waals surface area contributed by atoms with Crippen molar-refractivity contribution < 1.29 is 14.6 Å². The van der Waals surface area contributed by atoms with Gasteiger partial charge < -0.3 is 20.5 Å². The Morgan fingerprint density at radius 3 is 2.85 bits per heavy atom. The van der Waals surface area contributed by atoms with Gasteiger partial charge >= 0.3 is 0 Å². The van der Waals surface area contributed by atoms with E-state index >= 15 is 0 Å². The summed E-state index contributed by atoms with van der Waals surface area (Å²) in [6.07, 6.45) is 1.08. The average molecular weight is 383 g/mol. The van der Waals surface area contributed by atoms with Crippen LogP contribution in [0.5, 0.6) is 5.88 Å². The molecule has 9 nitrogen and oxygen atoms in total. The van der Waals surface area contributed by atoms with Crippen LogP contribution in [0, 0.1) is 12.8 Å². The van der Waals surface area contributed by atoms with E-state index in [0.29, 0.717) is 49.2 Å². The molecule has 2 aromatic rings. The lowest BCUT2D eigenvalue weighted by Gasteiger charge is -2.13. The Balaban J connectivity index is 0.00000243. The number of rotatable bonds is 6. The van der Waals surface area contributed by atoms with E-state index in [-0.39, 0.29) is 24.2 Å². The highest BCUT2D eigenvalue weighted by atomic mass is 35.5. The summed E-state index contributed by atoms with van der Waals surface area (Å²) in [5, 5.41) is 28.0. The number of nitrogens with zero attached hydrogens (tertiary/aromatic N) is 4. The minimum atomic E-state index is -0.428. The van der Waals surface area contributed by atoms with E-state index in [0.717, 1.165) is 0 Å². The van der Waals surface area contributed by atoms with Crippen LogP contribution in [0.1, 0.15) is 23.0 Å². The number of carbonyl (C=O) groups is 1. The first-order valence-corrected chi connectivity index (χ1v) is 8.28. The van der Waals surface area contributed by atoms with E-state index in [1.165, 1.54) is 6.20 Å². The van der Waals surface area contributed by atoms with Crippen LogP contribution in [0.3, 0.4) is 0 Å². The molecule has 3 rings (SSSR count). The molecule has 10 heteroatoms. The molecule has 0 spiro atoms. The second-order valence-corrected chi connectivity index (χ2v) is 5.91. The number of amides is 1. The topological polar surface area (TPSA) is 114 Å². The Kier molecular flexibility index (Phi) is 6.90. The van der Waals surface area contributed by atoms with Crippen LogP contribution in [-0.2, 0) is 0 Å². The van der Waals surface area contributed by atoms with Gasteiger partial charge in [0.1, 0.15) is 0 Å². The van der Waals surface area contributed by atoms with Gasteiger partial charge in [0.2, 0.25) is 5.88 Å². The molecule has 1 saturated heterocycles. The molecule has 1 amide bonds. The molecular weight excluding hydrogens is 360 g/mol. The largest absolute Gasteiger partial charge is 0.477 e. The van der Waals surface area contributed by atoms with Gasteiger partial charge in [0.15, 0.2) is 5.82 Å². The third kappa shape index (κ3) is 4.29. The Morgan fingerprint density at radius 1 is 1.42 bits per heavy atom. The van der Waals surface area contributed by atoms with E-state index in [1.54, 1.807) is 23.7 Å². The molecule has 0 aliphatic carbocycles.